The smallest absolute Gasteiger partial charge is 0.179 e. The molecule has 5 heteroatoms. The van der Waals surface area contributed by atoms with Gasteiger partial charge >= 0.3 is 0 Å². The molecule has 1 atom stereocenters. The Labute approximate surface area is 108 Å². The molecule has 0 unspecified atom stereocenters. The second-order valence-corrected chi connectivity index (χ2v) is 6.76. The summed E-state index contributed by atoms with van der Waals surface area (Å²) in [6, 6.07) is 8.67. The van der Waals surface area contributed by atoms with Crippen LogP contribution in [0.3, 0.4) is 0 Å². The number of likely N-dealkylation sites (tertiary alicyclic amines) is 1. The van der Waals surface area contributed by atoms with E-state index in [1.807, 2.05) is 0 Å². The lowest BCUT2D eigenvalue weighted by Crippen LogP contribution is -2.35. The van der Waals surface area contributed by atoms with E-state index in [9.17, 15) is 13.5 Å². The number of sulfone groups is 1. The van der Waals surface area contributed by atoms with Crippen molar-refractivity contribution < 1.29 is 13.5 Å². The van der Waals surface area contributed by atoms with E-state index in [-0.39, 0.29) is 18.4 Å². The molecule has 1 N–H and O–H groups in total. The Kier molecular flexibility index (Phi) is 4.37. The van der Waals surface area contributed by atoms with Gasteiger partial charge in [0.15, 0.2) is 9.84 Å². The predicted molar refractivity (Wildman–Crippen MR) is 70.2 cm³/mol. The van der Waals surface area contributed by atoms with Crippen LogP contribution in [0.2, 0.25) is 0 Å². The monoisotopic (exact) mass is 269 g/mol. The Morgan fingerprint density at radius 3 is 2.67 bits per heavy atom. The third-order valence-corrected chi connectivity index (χ3v) is 5.17. The molecule has 1 aliphatic rings. The van der Waals surface area contributed by atoms with Crippen molar-refractivity contribution in [1.29, 1.82) is 0 Å². The van der Waals surface area contributed by atoms with Crippen molar-refractivity contribution in [3.05, 3.63) is 30.3 Å². The van der Waals surface area contributed by atoms with Gasteiger partial charge in [0.05, 0.1) is 17.3 Å². The van der Waals surface area contributed by atoms with E-state index in [0.717, 1.165) is 19.4 Å². The third-order valence-electron chi connectivity index (χ3n) is 3.46. The molecular weight excluding hydrogens is 250 g/mol. The van der Waals surface area contributed by atoms with E-state index < -0.39 is 9.84 Å². The summed E-state index contributed by atoms with van der Waals surface area (Å²) in [5.41, 5.74) is 0. The van der Waals surface area contributed by atoms with Gasteiger partial charge in [0.1, 0.15) is 0 Å². The molecule has 1 fully saturated rings. The molecule has 1 aromatic rings. The van der Waals surface area contributed by atoms with Gasteiger partial charge in [-0.1, -0.05) is 18.2 Å². The van der Waals surface area contributed by atoms with Gasteiger partial charge in [-0.15, -0.1) is 0 Å². The molecule has 0 radical (unpaired) electrons. The summed E-state index contributed by atoms with van der Waals surface area (Å²) in [6.45, 7) is 1.50. The van der Waals surface area contributed by atoms with E-state index in [0.29, 0.717) is 11.4 Å². The summed E-state index contributed by atoms with van der Waals surface area (Å²) in [5.74, 6) is 0.119. The second kappa shape index (κ2) is 5.82. The highest BCUT2D eigenvalue weighted by Crippen LogP contribution is 2.17. The molecule has 100 valence electrons. The molecule has 2 rings (SSSR count). The molecule has 0 bridgehead atoms. The third kappa shape index (κ3) is 3.10. The molecular formula is C13H19NO3S. The lowest BCUT2D eigenvalue weighted by molar-refractivity contribution is 0.165. The maximum Gasteiger partial charge on any atom is 0.179 e. The van der Waals surface area contributed by atoms with Crippen LogP contribution in [0.1, 0.15) is 12.8 Å². The minimum Gasteiger partial charge on any atom is -0.395 e. The van der Waals surface area contributed by atoms with E-state index >= 15 is 0 Å². The Morgan fingerprint density at radius 2 is 2.00 bits per heavy atom. The summed E-state index contributed by atoms with van der Waals surface area (Å²) < 4.78 is 24.2. The van der Waals surface area contributed by atoms with Crippen LogP contribution in [0.5, 0.6) is 0 Å². The maximum atomic E-state index is 12.1. The van der Waals surface area contributed by atoms with Crippen LogP contribution in [0.15, 0.2) is 35.2 Å². The summed E-state index contributed by atoms with van der Waals surface area (Å²) in [6.07, 6.45) is 2.00. The van der Waals surface area contributed by atoms with Gasteiger partial charge in [-0.25, -0.2) is 8.42 Å². The first-order valence-corrected chi connectivity index (χ1v) is 7.91. The van der Waals surface area contributed by atoms with Crippen LogP contribution in [-0.2, 0) is 9.84 Å². The zero-order valence-corrected chi connectivity index (χ0v) is 11.1. The summed E-state index contributed by atoms with van der Waals surface area (Å²) in [4.78, 5) is 2.45. The van der Waals surface area contributed by atoms with Crippen molar-refractivity contribution in [2.75, 3.05) is 25.4 Å². The summed E-state index contributed by atoms with van der Waals surface area (Å²) >= 11 is 0. The molecule has 4 nitrogen and oxygen atoms in total. The molecule has 0 aliphatic carbocycles. The predicted octanol–water partition coefficient (Wildman–Crippen LogP) is 0.917. The molecule has 0 amide bonds. The Hall–Kier alpha value is -0.910. The van der Waals surface area contributed by atoms with Gasteiger partial charge in [0, 0.05) is 12.6 Å². The average Bonchev–Trinajstić information content (AvgIpc) is 2.85. The first-order chi connectivity index (χ1) is 8.63. The number of rotatable bonds is 5. The Bertz CT molecular complexity index is 472. The summed E-state index contributed by atoms with van der Waals surface area (Å²) in [5, 5.41) is 9.19. The lowest BCUT2D eigenvalue weighted by atomic mass is 10.2. The number of nitrogens with zero attached hydrogens (tertiary/aromatic N) is 1. The molecule has 0 aromatic heterocycles. The zero-order chi connectivity index (χ0) is 13.0. The molecule has 1 aliphatic heterocycles. The van der Waals surface area contributed by atoms with Gasteiger partial charge in [0.2, 0.25) is 0 Å². The fourth-order valence-electron chi connectivity index (χ4n) is 2.38. The highest BCUT2D eigenvalue weighted by molar-refractivity contribution is 7.91. The first-order valence-electron chi connectivity index (χ1n) is 6.26. The van der Waals surface area contributed by atoms with Gasteiger partial charge in [-0.2, -0.15) is 0 Å². The van der Waals surface area contributed by atoms with Crippen LogP contribution in [0.25, 0.3) is 0 Å². The highest BCUT2D eigenvalue weighted by atomic mass is 32.2. The van der Waals surface area contributed by atoms with Crippen LogP contribution in [0.4, 0.5) is 0 Å². The van der Waals surface area contributed by atoms with E-state index in [1.165, 1.54) is 0 Å². The fraction of sp³-hybridized carbons (Fsp3) is 0.538. The largest absolute Gasteiger partial charge is 0.395 e. The molecule has 18 heavy (non-hydrogen) atoms. The number of hydrogen-bond acceptors (Lipinski definition) is 4. The minimum absolute atomic E-state index is 0.116. The van der Waals surface area contributed by atoms with Gasteiger partial charge < -0.3 is 5.11 Å². The van der Waals surface area contributed by atoms with E-state index in [4.69, 9.17) is 0 Å². The average molecular weight is 269 g/mol. The van der Waals surface area contributed by atoms with E-state index in [2.05, 4.69) is 4.90 Å². The van der Waals surface area contributed by atoms with Gasteiger partial charge in [-0.05, 0) is 31.5 Å². The molecule has 0 spiro atoms. The number of aliphatic hydroxyl groups excluding tert-OH is 1. The molecule has 1 aromatic carbocycles. The number of hydrogen-bond donors (Lipinski definition) is 1. The normalized spacial score (nSPS) is 21.3. The standard InChI is InChI=1S/C13H19NO3S/c15-11-12-5-4-8-14(12)9-10-18(16,17)13-6-2-1-3-7-13/h1-3,6-7,12,15H,4-5,8-11H2/t12-/m1/s1. The van der Waals surface area contributed by atoms with Crippen LogP contribution in [-0.4, -0.2) is 49.9 Å². The van der Waals surface area contributed by atoms with Crippen molar-refractivity contribution >= 4 is 9.84 Å². The Morgan fingerprint density at radius 1 is 1.28 bits per heavy atom. The topological polar surface area (TPSA) is 57.6 Å². The van der Waals surface area contributed by atoms with E-state index in [1.54, 1.807) is 30.3 Å². The van der Waals surface area contributed by atoms with Crippen molar-refractivity contribution in [2.45, 2.75) is 23.8 Å². The van der Waals surface area contributed by atoms with Gasteiger partial charge in [0.25, 0.3) is 0 Å². The maximum absolute atomic E-state index is 12.1. The summed E-state index contributed by atoms with van der Waals surface area (Å²) in [7, 11) is -3.20. The fourth-order valence-corrected chi connectivity index (χ4v) is 3.66. The van der Waals surface area contributed by atoms with Crippen molar-refractivity contribution in [3.8, 4) is 0 Å². The number of aliphatic hydroxyl groups is 1. The highest BCUT2D eigenvalue weighted by Gasteiger charge is 2.25. The van der Waals surface area contributed by atoms with Crippen molar-refractivity contribution in [1.82, 2.24) is 4.90 Å². The lowest BCUT2D eigenvalue weighted by Gasteiger charge is -2.22. The zero-order valence-electron chi connectivity index (χ0n) is 10.3. The van der Waals surface area contributed by atoms with Crippen LogP contribution >= 0.6 is 0 Å². The van der Waals surface area contributed by atoms with Crippen LogP contribution in [0, 0.1) is 0 Å². The van der Waals surface area contributed by atoms with Gasteiger partial charge in [-0.3, -0.25) is 4.90 Å². The SMILES string of the molecule is O=S(=O)(CCN1CCC[C@@H]1CO)c1ccccc1. The second-order valence-electron chi connectivity index (χ2n) is 4.65. The van der Waals surface area contributed by atoms with Crippen LogP contribution < -0.4 is 0 Å². The molecule has 1 heterocycles. The molecule has 1 saturated heterocycles. The quantitative estimate of drug-likeness (QED) is 0.863. The Balaban J connectivity index is 1.98. The molecule has 0 saturated carbocycles. The van der Waals surface area contributed by atoms with Crippen molar-refractivity contribution in [3.63, 3.8) is 0 Å². The van der Waals surface area contributed by atoms with Crippen molar-refractivity contribution in [2.24, 2.45) is 0 Å². The first kappa shape index (κ1) is 13.5. The minimum atomic E-state index is -3.20. The number of benzene rings is 1.